The Morgan fingerprint density at radius 1 is 1.15 bits per heavy atom. The van der Waals surface area contributed by atoms with E-state index in [1.165, 1.54) is 10.5 Å². The average molecular weight is 288 g/mol. The second kappa shape index (κ2) is 6.84. The molecule has 0 atom stereocenters. The summed E-state index contributed by atoms with van der Waals surface area (Å²) in [5.74, 6) is 1.38. The van der Waals surface area contributed by atoms with Crippen molar-refractivity contribution in [3.63, 3.8) is 0 Å². The fourth-order valence-electron chi connectivity index (χ4n) is 1.96. The van der Waals surface area contributed by atoms with E-state index in [-0.39, 0.29) is 0 Å². The summed E-state index contributed by atoms with van der Waals surface area (Å²) in [5.41, 5.74) is 2.60. The lowest BCUT2D eigenvalue weighted by molar-refractivity contribution is 0.413. The molecule has 3 nitrogen and oxygen atoms in total. The lowest BCUT2D eigenvalue weighted by Gasteiger charge is -2.11. The molecule has 0 aliphatic carbocycles. The highest BCUT2D eigenvalue weighted by atomic mass is 32.2. The summed E-state index contributed by atoms with van der Waals surface area (Å²) in [6.45, 7) is 2.07. The Morgan fingerprint density at radius 2 is 1.90 bits per heavy atom. The maximum atomic E-state index is 9.43. The summed E-state index contributed by atoms with van der Waals surface area (Å²) in [7, 11) is 0.135. The molecule has 2 aromatic rings. The van der Waals surface area contributed by atoms with Crippen molar-refractivity contribution in [1.29, 1.82) is 0 Å². The summed E-state index contributed by atoms with van der Waals surface area (Å²) in [6, 6.07) is 13.4. The van der Waals surface area contributed by atoms with E-state index >= 15 is 0 Å². The molecule has 0 saturated heterocycles. The number of benzene rings is 2. The Bertz CT molecular complexity index is 587. The molecule has 0 radical (unpaired) electrons. The molecule has 104 valence electrons. The normalized spacial score (nSPS) is 10.4. The highest BCUT2D eigenvalue weighted by molar-refractivity contribution is 7.98. The fourth-order valence-corrected chi connectivity index (χ4v) is 2.99. The number of rotatable bonds is 5. The molecule has 0 bridgehead atoms. The van der Waals surface area contributed by atoms with Gasteiger partial charge in [0.05, 0.1) is 7.11 Å². The second-order valence-electron chi connectivity index (χ2n) is 4.49. The van der Waals surface area contributed by atoms with Crippen molar-refractivity contribution in [3.8, 4) is 5.75 Å². The third kappa shape index (κ3) is 3.57. The maximum absolute atomic E-state index is 9.43. The molecular weight excluding hydrogens is 271 g/mol. The molecule has 2 rings (SSSR count). The van der Waals surface area contributed by atoms with Crippen LogP contribution in [0.2, 0.25) is 0 Å². The summed E-state index contributed by atoms with van der Waals surface area (Å²) >= 11 is 1.67. The SMILES string of the molecule is COc1ccc(B(O)O)c(CSc2ccccc2C)c1. The summed E-state index contributed by atoms with van der Waals surface area (Å²) in [6.07, 6.45) is 0. The number of aryl methyl sites for hydroxylation is 1. The Morgan fingerprint density at radius 3 is 2.55 bits per heavy atom. The van der Waals surface area contributed by atoms with Crippen molar-refractivity contribution < 1.29 is 14.8 Å². The van der Waals surface area contributed by atoms with Gasteiger partial charge in [0.2, 0.25) is 0 Å². The van der Waals surface area contributed by atoms with Crippen molar-refractivity contribution in [2.75, 3.05) is 7.11 Å². The predicted octanol–water partition coefficient (Wildman–Crippen LogP) is 1.98. The van der Waals surface area contributed by atoms with Gasteiger partial charge < -0.3 is 14.8 Å². The zero-order valence-corrected chi connectivity index (χ0v) is 12.4. The predicted molar refractivity (Wildman–Crippen MR) is 83.6 cm³/mol. The van der Waals surface area contributed by atoms with Gasteiger partial charge in [0, 0.05) is 10.6 Å². The van der Waals surface area contributed by atoms with Crippen molar-refractivity contribution in [1.82, 2.24) is 0 Å². The van der Waals surface area contributed by atoms with Crippen LogP contribution in [0.25, 0.3) is 0 Å². The minimum Gasteiger partial charge on any atom is -0.497 e. The molecule has 5 heteroatoms. The van der Waals surface area contributed by atoms with E-state index in [4.69, 9.17) is 4.74 Å². The molecule has 0 heterocycles. The van der Waals surface area contributed by atoms with Crippen LogP contribution >= 0.6 is 11.8 Å². The van der Waals surface area contributed by atoms with Crippen LogP contribution in [-0.4, -0.2) is 24.3 Å². The molecule has 2 aromatic carbocycles. The van der Waals surface area contributed by atoms with Crippen molar-refractivity contribution in [3.05, 3.63) is 53.6 Å². The minimum atomic E-state index is -1.46. The van der Waals surface area contributed by atoms with Gasteiger partial charge in [0.15, 0.2) is 0 Å². The molecule has 0 spiro atoms. The molecule has 0 amide bonds. The lowest BCUT2D eigenvalue weighted by Crippen LogP contribution is -2.32. The Balaban J connectivity index is 2.21. The van der Waals surface area contributed by atoms with Crippen LogP contribution < -0.4 is 10.2 Å². The highest BCUT2D eigenvalue weighted by Gasteiger charge is 2.16. The fraction of sp³-hybridized carbons (Fsp3) is 0.200. The number of hydrogen-bond acceptors (Lipinski definition) is 4. The van der Waals surface area contributed by atoms with E-state index in [0.717, 1.165) is 11.3 Å². The zero-order valence-electron chi connectivity index (χ0n) is 11.5. The molecule has 0 aliphatic heterocycles. The first-order valence-corrected chi connectivity index (χ1v) is 7.31. The van der Waals surface area contributed by atoms with E-state index in [1.54, 1.807) is 31.0 Å². The summed E-state index contributed by atoms with van der Waals surface area (Å²) < 4.78 is 5.19. The first-order valence-electron chi connectivity index (χ1n) is 6.33. The topological polar surface area (TPSA) is 49.7 Å². The average Bonchev–Trinajstić information content (AvgIpc) is 2.46. The second-order valence-corrected chi connectivity index (χ2v) is 5.51. The van der Waals surface area contributed by atoms with Gasteiger partial charge in [-0.15, -0.1) is 11.8 Å². The van der Waals surface area contributed by atoms with E-state index in [9.17, 15) is 10.0 Å². The molecular formula is C15H17BO3S. The van der Waals surface area contributed by atoms with Crippen LogP contribution in [0, 0.1) is 6.92 Å². The van der Waals surface area contributed by atoms with Gasteiger partial charge >= 0.3 is 7.12 Å². The molecule has 2 N–H and O–H groups in total. The van der Waals surface area contributed by atoms with Crippen LogP contribution in [0.5, 0.6) is 5.75 Å². The third-order valence-corrected chi connectivity index (χ3v) is 4.33. The number of methoxy groups -OCH3 is 1. The lowest BCUT2D eigenvalue weighted by atomic mass is 9.77. The first-order chi connectivity index (χ1) is 9.61. The minimum absolute atomic E-state index is 0.520. The van der Waals surface area contributed by atoms with Gasteiger partial charge in [0.1, 0.15) is 5.75 Å². The van der Waals surface area contributed by atoms with Crippen LogP contribution in [-0.2, 0) is 5.75 Å². The Labute approximate surface area is 123 Å². The number of hydrogen-bond donors (Lipinski definition) is 2. The van der Waals surface area contributed by atoms with E-state index < -0.39 is 7.12 Å². The molecule has 0 fully saturated rings. The smallest absolute Gasteiger partial charge is 0.488 e. The van der Waals surface area contributed by atoms with Crippen LogP contribution in [0.1, 0.15) is 11.1 Å². The van der Waals surface area contributed by atoms with Gasteiger partial charge in [-0.1, -0.05) is 24.3 Å². The largest absolute Gasteiger partial charge is 0.497 e. The van der Waals surface area contributed by atoms with Crippen LogP contribution in [0.15, 0.2) is 47.4 Å². The Hall–Kier alpha value is -1.43. The number of thioether (sulfide) groups is 1. The molecule has 0 aromatic heterocycles. The van der Waals surface area contributed by atoms with E-state index in [1.807, 2.05) is 18.2 Å². The molecule has 20 heavy (non-hydrogen) atoms. The van der Waals surface area contributed by atoms with Crippen molar-refractivity contribution in [2.24, 2.45) is 0 Å². The summed E-state index contributed by atoms with van der Waals surface area (Å²) in [5, 5.41) is 18.9. The van der Waals surface area contributed by atoms with Gasteiger partial charge in [0.25, 0.3) is 0 Å². The first kappa shape index (κ1) is 15.0. The van der Waals surface area contributed by atoms with Crippen LogP contribution in [0.4, 0.5) is 0 Å². The van der Waals surface area contributed by atoms with Crippen molar-refractivity contribution >= 4 is 24.3 Å². The summed E-state index contributed by atoms with van der Waals surface area (Å²) in [4.78, 5) is 1.19. The molecule has 0 aliphatic rings. The van der Waals surface area contributed by atoms with E-state index in [0.29, 0.717) is 11.2 Å². The standard InChI is InChI=1S/C15H17BO3S/c1-11-5-3-4-6-15(11)20-10-12-9-13(19-2)7-8-14(12)16(17)18/h3-9,17-18H,10H2,1-2H3. The van der Waals surface area contributed by atoms with Gasteiger partial charge in [-0.3, -0.25) is 0 Å². The molecule has 0 unspecified atom stereocenters. The van der Waals surface area contributed by atoms with Crippen molar-refractivity contribution in [2.45, 2.75) is 17.6 Å². The van der Waals surface area contributed by atoms with Gasteiger partial charge in [-0.05, 0) is 41.7 Å². The number of ether oxygens (including phenoxy) is 1. The third-order valence-electron chi connectivity index (χ3n) is 3.11. The highest BCUT2D eigenvalue weighted by Crippen LogP contribution is 2.26. The molecule has 0 saturated carbocycles. The maximum Gasteiger partial charge on any atom is 0.488 e. The van der Waals surface area contributed by atoms with E-state index in [2.05, 4.69) is 19.1 Å². The zero-order chi connectivity index (χ0) is 14.5. The van der Waals surface area contributed by atoms with Gasteiger partial charge in [-0.2, -0.15) is 0 Å². The quantitative estimate of drug-likeness (QED) is 0.652. The van der Waals surface area contributed by atoms with Gasteiger partial charge in [-0.25, -0.2) is 0 Å². The monoisotopic (exact) mass is 288 g/mol. The van der Waals surface area contributed by atoms with Crippen LogP contribution in [0.3, 0.4) is 0 Å². The Kier molecular flexibility index (Phi) is 5.12.